The van der Waals surface area contributed by atoms with Gasteiger partial charge in [0, 0.05) is 0 Å². The van der Waals surface area contributed by atoms with Crippen LogP contribution < -0.4 is 0 Å². The zero-order chi connectivity index (χ0) is 10.6. The van der Waals surface area contributed by atoms with Crippen LogP contribution in [0.1, 0.15) is 39.0 Å². The van der Waals surface area contributed by atoms with Gasteiger partial charge in [-0.05, 0) is 25.2 Å². The lowest BCUT2D eigenvalue weighted by molar-refractivity contribution is 0.552. The maximum absolute atomic E-state index is 11.7. The summed E-state index contributed by atoms with van der Waals surface area (Å²) in [7, 11) is -3.17. The van der Waals surface area contributed by atoms with Gasteiger partial charge < -0.3 is 0 Å². The number of sulfone groups is 1. The zero-order valence-corrected chi connectivity index (χ0v) is 9.39. The van der Waals surface area contributed by atoms with Gasteiger partial charge in [-0.2, -0.15) is 5.26 Å². The van der Waals surface area contributed by atoms with Gasteiger partial charge in [0.05, 0.1) is 11.8 Å². The van der Waals surface area contributed by atoms with Gasteiger partial charge in [0.2, 0.25) is 0 Å². The lowest BCUT2D eigenvalue weighted by Gasteiger charge is -2.12. The number of nitriles is 1. The first-order valence-corrected chi connectivity index (χ1v) is 6.93. The topological polar surface area (TPSA) is 57.9 Å². The van der Waals surface area contributed by atoms with E-state index in [1.54, 1.807) is 6.92 Å². The smallest absolute Gasteiger partial charge is 0.166 e. The van der Waals surface area contributed by atoms with Crippen LogP contribution in [0.4, 0.5) is 0 Å². The Kier molecular flexibility index (Phi) is 3.94. The van der Waals surface area contributed by atoms with Gasteiger partial charge in [0.15, 0.2) is 9.84 Å². The van der Waals surface area contributed by atoms with Crippen LogP contribution in [0, 0.1) is 17.2 Å². The molecule has 4 heteroatoms. The van der Waals surface area contributed by atoms with Crippen LogP contribution in [0.3, 0.4) is 0 Å². The predicted octanol–water partition coefficient (Wildman–Crippen LogP) is 1.89. The molecule has 3 nitrogen and oxygen atoms in total. The molecule has 0 heterocycles. The van der Waals surface area contributed by atoms with Crippen LogP contribution in [0.25, 0.3) is 0 Å². The largest absolute Gasteiger partial charge is 0.227 e. The molecule has 14 heavy (non-hydrogen) atoms. The number of hydrogen-bond acceptors (Lipinski definition) is 3. The van der Waals surface area contributed by atoms with Crippen LogP contribution in [-0.4, -0.2) is 19.4 Å². The summed E-state index contributed by atoms with van der Waals surface area (Å²) in [5, 5.41) is 7.92. The third-order valence-electron chi connectivity index (χ3n) is 2.89. The molecular formula is C10H17NO2S. The van der Waals surface area contributed by atoms with E-state index in [9.17, 15) is 8.42 Å². The van der Waals surface area contributed by atoms with Crippen LogP contribution in [0.15, 0.2) is 0 Å². The van der Waals surface area contributed by atoms with Gasteiger partial charge in [-0.25, -0.2) is 8.42 Å². The molecule has 1 unspecified atom stereocenters. The predicted molar refractivity (Wildman–Crippen MR) is 55.4 cm³/mol. The molecule has 1 aliphatic carbocycles. The van der Waals surface area contributed by atoms with Gasteiger partial charge in [0.1, 0.15) is 5.25 Å². The molecule has 1 rings (SSSR count). The molecule has 1 fully saturated rings. The maximum Gasteiger partial charge on any atom is 0.166 e. The Bertz CT molecular complexity index is 310. The van der Waals surface area contributed by atoms with E-state index in [0.717, 1.165) is 25.7 Å². The first-order valence-electron chi connectivity index (χ1n) is 5.21. The second kappa shape index (κ2) is 4.79. The molecule has 0 bridgehead atoms. The van der Waals surface area contributed by atoms with Crippen molar-refractivity contribution in [3.05, 3.63) is 0 Å². The van der Waals surface area contributed by atoms with E-state index in [1.807, 2.05) is 6.07 Å². The average Bonchev–Trinajstić information content (AvgIpc) is 2.57. The quantitative estimate of drug-likeness (QED) is 0.719. The molecule has 1 atom stereocenters. The fourth-order valence-corrected chi connectivity index (χ4v) is 3.94. The van der Waals surface area contributed by atoms with E-state index in [1.165, 1.54) is 0 Å². The zero-order valence-electron chi connectivity index (χ0n) is 8.57. The molecule has 0 amide bonds. The van der Waals surface area contributed by atoms with E-state index in [-0.39, 0.29) is 5.75 Å². The van der Waals surface area contributed by atoms with Crippen LogP contribution in [0.5, 0.6) is 0 Å². The minimum absolute atomic E-state index is 0.221. The van der Waals surface area contributed by atoms with Crippen LogP contribution in [0.2, 0.25) is 0 Å². The van der Waals surface area contributed by atoms with E-state index < -0.39 is 15.1 Å². The number of hydrogen-bond donors (Lipinski definition) is 0. The van der Waals surface area contributed by atoms with Gasteiger partial charge >= 0.3 is 0 Å². The van der Waals surface area contributed by atoms with E-state index >= 15 is 0 Å². The molecule has 80 valence electrons. The second-order valence-electron chi connectivity index (χ2n) is 4.01. The normalized spacial score (nSPS) is 20.6. The lowest BCUT2D eigenvalue weighted by Crippen LogP contribution is -2.25. The number of rotatable bonds is 4. The van der Waals surface area contributed by atoms with E-state index in [2.05, 4.69) is 0 Å². The second-order valence-corrected chi connectivity index (χ2v) is 6.23. The van der Waals surface area contributed by atoms with Gasteiger partial charge in [-0.1, -0.05) is 19.8 Å². The van der Waals surface area contributed by atoms with Crippen LogP contribution in [-0.2, 0) is 9.84 Å². The standard InChI is InChI=1S/C10H17NO2S/c1-2-10(7-11)14(12,13)8-9-5-3-4-6-9/h9-10H,2-6,8H2,1H3. The van der Waals surface area contributed by atoms with Crippen molar-refractivity contribution in [2.75, 3.05) is 5.75 Å². The Balaban J connectivity index is 2.61. The molecule has 0 radical (unpaired) electrons. The summed E-state index contributed by atoms with van der Waals surface area (Å²) in [6, 6.07) is 1.88. The monoisotopic (exact) mass is 215 g/mol. The van der Waals surface area contributed by atoms with Crippen molar-refractivity contribution in [1.82, 2.24) is 0 Å². The SMILES string of the molecule is CCC(C#N)S(=O)(=O)CC1CCCC1. The molecule has 0 spiro atoms. The Morgan fingerprint density at radius 1 is 1.43 bits per heavy atom. The highest BCUT2D eigenvalue weighted by Gasteiger charge is 2.28. The number of nitrogens with zero attached hydrogens (tertiary/aromatic N) is 1. The van der Waals surface area contributed by atoms with E-state index in [4.69, 9.17) is 5.26 Å². The van der Waals surface area contributed by atoms with Gasteiger partial charge in [-0.3, -0.25) is 0 Å². The van der Waals surface area contributed by atoms with Crippen molar-refractivity contribution in [1.29, 1.82) is 5.26 Å². The summed E-state index contributed by atoms with van der Waals surface area (Å²) in [6.07, 6.45) is 4.72. The minimum Gasteiger partial charge on any atom is -0.227 e. The minimum atomic E-state index is -3.17. The van der Waals surface area contributed by atoms with Gasteiger partial charge in [-0.15, -0.1) is 0 Å². The summed E-state index contributed by atoms with van der Waals surface area (Å²) < 4.78 is 23.5. The Morgan fingerprint density at radius 3 is 2.43 bits per heavy atom. The average molecular weight is 215 g/mol. The molecule has 0 saturated heterocycles. The summed E-state index contributed by atoms with van der Waals surface area (Å²) in [4.78, 5) is 0. The van der Waals surface area contributed by atoms with Crippen molar-refractivity contribution in [3.8, 4) is 6.07 Å². The molecule has 0 aromatic heterocycles. The third-order valence-corrected chi connectivity index (χ3v) is 5.13. The summed E-state index contributed by atoms with van der Waals surface area (Å²) >= 11 is 0. The van der Waals surface area contributed by atoms with Crippen LogP contribution >= 0.6 is 0 Å². The maximum atomic E-state index is 11.7. The fraction of sp³-hybridized carbons (Fsp3) is 0.900. The fourth-order valence-electron chi connectivity index (χ4n) is 2.05. The highest BCUT2D eigenvalue weighted by atomic mass is 32.2. The molecule has 0 N–H and O–H groups in total. The molecule has 0 aromatic rings. The highest BCUT2D eigenvalue weighted by Crippen LogP contribution is 2.27. The Hall–Kier alpha value is -0.560. The molecule has 0 aliphatic heterocycles. The third kappa shape index (κ3) is 2.71. The highest BCUT2D eigenvalue weighted by molar-refractivity contribution is 7.92. The van der Waals surface area contributed by atoms with Gasteiger partial charge in [0.25, 0.3) is 0 Å². The Morgan fingerprint density at radius 2 is 2.00 bits per heavy atom. The van der Waals surface area contributed by atoms with E-state index in [0.29, 0.717) is 12.3 Å². The first kappa shape index (κ1) is 11.5. The van der Waals surface area contributed by atoms with Crippen molar-refractivity contribution >= 4 is 9.84 Å². The molecule has 1 saturated carbocycles. The molecule has 1 aliphatic rings. The summed E-state index contributed by atoms with van der Waals surface area (Å²) in [5.74, 6) is 0.529. The van der Waals surface area contributed by atoms with Crippen molar-refractivity contribution in [2.24, 2.45) is 5.92 Å². The van der Waals surface area contributed by atoms with Crippen molar-refractivity contribution in [2.45, 2.75) is 44.3 Å². The first-order chi connectivity index (χ1) is 6.60. The summed E-state index contributed by atoms with van der Waals surface area (Å²) in [5.41, 5.74) is 0. The Labute approximate surface area is 86.0 Å². The van der Waals surface area contributed by atoms with Crippen molar-refractivity contribution < 1.29 is 8.42 Å². The molecular weight excluding hydrogens is 198 g/mol. The molecule has 0 aromatic carbocycles. The lowest BCUT2D eigenvalue weighted by atomic mass is 10.1. The summed E-state index contributed by atoms with van der Waals surface area (Å²) in [6.45, 7) is 1.75. The van der Waals surface area contributed by atoms with Crippen molar-refractivity contribution in [3.63, 3.8) is 0 Å².